The van der Waals surface area contributed by atoms with Crippen molar-refractivity contribution in [2.24, 2.45) is 0 Å². The SMILES string of the molecule is Fc1cccc2onc([As]c3ccncc3)c12. The molecule has 3 aromatic rings. The first kappa shape index (κ1) is 10.5. The third kappa shape index (κ3) is 1.96. The Morgan fingerprint density at radius 2 is 1.94 bits per heavy atom. The summed E-state index contributed by atoms with van der Waals surface area (Å²) in [4.78, 5) is 3.95. The van der Waals surface area contributed by atoms with Gasteiger partial charge in [0.25, 0.3) is 0 Å². The molecule has 0 spiro atoms. The van der Waals surface area contributed by atoms with Crippen molar-refractivity contribution in [3.63, 3.8) is 0 Å². The summed E-state index contributed by atoms with van der Waals surface area (Å²) in [5.41, 5.74) is 0.504. The van der Waals surface area contributed by atoms with E-state index < -0.39 is 0 Å². The summed E-state index contributed by atoms with van der Waals surface area (Å²) in [5, 5.41) is 4.46. The second kappa shape index (κ2) is 4.30. The fourth-order valence-electron chi connectivity index (χ4n) is 1.55. The molecule has 0 N–H and O–H groups in total. The first-order chi connectivity index (χ1) is 8.34. The molecule has 5 heteroatoms. The van der Waals surface area contributed by atoms with E-state index in [0.29, 0.717) is 15.5 Å². The first-order valence-electron chi connectivity index (χ1n) is 5.00. The van der Waals surface area contributed by atoms with Crippen LogP contribution in [-0.4, -0.2) is 25.9 Å². The van der Waals surface area contributed by atoms with Gasteiger partial charge in [-0.1, -0.05) is 0 Å². The van der Waals surface area contributed by atoms with E-state index in [9.17, 15) is 4.39 Å². The quantitative estimate of drug-likeness (QED) is 0.661. The number of aromatic nitrogens is 2. The van der Waals surface area contributed by atoms with E-state index in [1.54, 1.807) is 24.5 Å². The van der Waals surface area contributed by atoms with Crippen molar-refractivity contribution < 1.29 is 8.91 Å². The molecule has 3 nitrogen and oxygen atoms in total. The predicted molar refractivity (Wildman–Crippen MR) is 63.2 cm³/mol. The molecule has 0 bridgehead atoms. The molecule has 0 atom stereocenters. The van der Waals surface area contributed by atoms with Crippen LogP contribution >= 0.6 is 0 Å². The third-order valence-corrected chi connectivity index (χ3v) is 4.58. The van der Waals surface area contributed by atoms with Crippen LogP contribution in [0.2, 0.25) is 0 Å². The molecule has 2 aromatic heterocycles. The van der Waals surface area contributed by atoms with Gasteiger partial charge in [-0.2, -0.15) is 0 Å². The summed E-state index contributed by atoms with van der Waals surface area (Å²) in [6.45, 7) is 0. The topological polar surface area (TPSA) is 38.9 Å². The van der Waals surface area contributed by atoms with E-state index in [-0.39, 0.29) is 21.6 Å². The minimum atomic E-state index is -0.379. The van der Waals surface area contributed by atoms with Gasteiger partial charge in [-0.15, -0.1) is 0 Å². The van der Waals surface area contributed by atoms with Crippen molar-refractivity contribution in [1.29, 1.82) is 0 Å². The van der Waals surface area contributed by atoms with E-state index in [2.05, 4.69) is 10.1 Å². The Labute approximate surface area is 103 Å². The predicted octanol–water partition coefficient (Wildman–Crippen LogP) is 1.02. The monoisotopic (exact) mass is 289 g/mol. The summed E-state index contributed by atoms with van der Waals surface area (Å²) in [6.07, 6.45) is 3.45. The number of hydrogen-bond acceptors (Lipinski definition) is 3. The normalized spacial score (nSPS) is 11.6. The van der Waals surface area contributed by atoms with Crippen molar-refractivity contribution in [2.75, 3.05) is 0 Å². The number of halogens is 1. The van der Waals surface area contributed by atoms with E-state index in [4.69, 9.17) is 4.52 Å². The standard InChI is InChI=1S/C12H7AsFN2O/c14-9-2-1-3-10-11(9)12(16-17-10)13-8-4-6-15-7-5-8/h1-7H. The van der Waals surface area contributed by atoms with Crippen LogP contribution < -0.4 is 8.83 Å². The fourth-order valence-corrected chi connectivity index (χ4v) is 3.52. The second-order valence-corrected chi connectivity index (χ2v) is 5.88. The van der Waals surface area contributed by atoms with Crippen LogP contribution in [0.15, 0.2) is 47.2 Å². The Hall–Kier alpha value is -1.67. The average Bonchev–Trinajstić information content (AvgIpc) is 2.75. The molecule has 0 fully saturated rings. The number of hydrogen-bond donors (Lipinski definition) is 0. The molecule has 0 unspecified atom stereocenters. The average molecular weight is 289 g/mol. The fraction of sp³-hybridized carbons (Fsp3) is 0. The number of rotatable bonds is 2. The Bertz CT molecular complexity index is 654. The molecular formula is C12H7AsFN2O. The Balaban J connectivity index is 2.07. The summed E-state index contributed by atoms with van der Waals surface area (Å²) < 4.78 is 20.6. The molecular weight excluding hydrogens is 282 g/mol. The van der Waals surface area contributed by atoms with Crippen molar-refractivity contribution in [3.8, 4) is 0 Å². The zero-order valence-corrected chi connectivity index (χ0v) is 10.5. The van der Waals surface area contributed by atoms with Crippen LogP contribution in [-0.2, 0) is 0 Å². The molecule has 0 aliphatic rings. The van der Waals surface area contributed by atoms with Crippen LogP contribution in [0.25, 0.3) is 11.0 Å². The number of pyridine rings is 1. The van der Waals surface area contributed by atoms with Crippen molar-refractivity contribution in [3.05, 3.63) is 48.5 Å². The van der Waals surface area contributed by atoms with Gasteiger partial charge in [-0.05, 0) is 0 Å². The maximum atomic E-state index is 13.7. The van der Waals surface area contributed by atoms with E-state index in [1.807, 2.05) is 12.1 Å². The van der Waals surface area contributed by atoms with Crippen molar-refractivity contribution in [2.45, 2.75) is 0 Å². The van der Waals surface area contributed by atoms with Crippen LogP contribution in [0.5, 0.6) is 0 Å². The van der Waals surface area contributed by atoms with Gasteiger partial charge in [0.1, 0.15) is 0 Å². The van der Waals surface area contributed by atoms with Gasteiger partial charge < -0.3 is 0 Å². The van der Waals surface area contributed by atoms with Crippen molar-refractivity contribution >= 4 is 35.6 Å². The molecule has 3 rings (SSSR count). The van der Waals surface area contributed by atoms with Gasteiger partial charge >= 0.3 is 103 Å². The van der Waals surface area contributed by atoms with Crippen LogP contribution in [0.4, 0.5) is 4.39 Å². The van der Waals surface area contributed by atoms with Crippen LogP contribution in [0.1, 0.15) is 0 Å². The number of benzene rings is 1. The molecule has 0 amide bonds. The van der Waals surface area contributed by atoms with E-state index in [0.717, 1.165) is 4.35 Å². The van der Waals surface area contributed by atoms with E-state index in [1.165, 1.54) is 6.07 Å². The number of nitrogens with zero attached hydrogens (tertiary/aromatic N) is 2. The summed E-state index contributed by atoms with van der Waals surface area (Å²) in [5.74, 6) is -0.275. The molecule has 0 saturated heterocycles. The van der Waals surface area contributed by atoms with Gasteiger partial charge in [0.15, 0.2) is 0 Å². The minimum absolute atomic E-state index is 0.275. The Morgan fingerprint density at radius 1 is 1.12 bits per heavy atom. The molecule has 0 saturated carbocycles. The molecule has 83 valence electrons. The van der Waals surface area contributed by atoms with Gasteiger partial charge in [0.05, 0.1) is 0 Å². The molecule has 17 heavy (non-hydrogen) atoms. The van der Waals surface area contributed by atoms with Gasteiger partial charge in [0, 0.05) is 0 Å². The Kier molecular flexibility index (Phi) is 2.65. The number of fused-ring (bicyclic) bond motifs is 1. The zero-order valence-electron chi connectivity index (χ0n) is 8.67. The van der Waals surface area contributed by atoms with Gasteiger partial charge in [-0.3, -0.25) is 0 Å². The Morgan fingerprint density at radius 3 is 2.76 bits per heavy atom. The summed E-state index contributed by atoms with van der Waals surface area (Å²) in [7, 11) is 0. The molecule has 1 radical (unpaired) electrons. The van der Waals surface area contributed by atoms with Gasteiger partial charge in [-0.25, -0.2) is 0 Å². The first-order valence-corrected chi connectivity index (χ1v) is 6.88. The maximum absolute atomic E-state index is 13.7. The molecule has 1 aromatic carbocycles. The van der Waals surface area contributed by atoms with Crippen molar-refractivity contribution in [1.82, 2.24) is 10.1 Å². The summed E-state index contributed by atoms with van der Waals surface area (Å²) >= 11 is -0.379. The molecule has 0 aliphatic carbocycles. The molecule has 0 aliphatic heterocycles. The summed E-state index contributed by atoms with van der Waals surface area (Å²) in [6, 6.07) is 8.61. The zero-order chi connectivity index (χ0) is 11.7. The van der Waals surface area contributed by atoms with E-state index >= 15 is 0 Å². The van der Waals surface area contributed by atoms with Gasteiger partial charge in [0.2, 0.25) is 0 Å². The molecule has 2 heterocycles. The third-order valence-electron chi connectivity index (χ3n) is 2.33. The van der Waals surface area contributed by atoms with Crippen LogP contribution in [0.3, 0.4) is 0 Å². The second-order valence-electron chi connectivity index (χ2n) is 3.44. The van der Waals surface area contributed by atoms with Crippen LogP contribution in [0, 0.1) is 5.82 Å².